The maximum absolute atomic E-state index is 12.5. The Labute approximate surface area is 109 Å². The Kier molecular flexibility index (Phi) is 5.80. The third kappa shape index (κ3) is 4.29. The summed E-state index contributed by atoms with van der Waals surface area (Å²) in [7, 11) is 1.50. The third-order valence-corrected chi connectivity index (χ3v) is 3.18. The number of carbonyl (C=O) groups is 2. The highest BCUT2D eigenvalue weighted by Crippen LogP contribution is 2.23. The first kappa shape index (κ1) is 16.9. The lowest BCUT2D eigenvalue weighted by atomic mass is 9.96. The van der Waals surface area contributed by atoms with Crippen LogP contribution in [0.5, 0.6) is 0 Å². The Hall–Kier alpha value is -1.10. The summed E-state index contributed by atoms with van der Waals surface area (Å²) in [6.45, 7) is 9.46. The molecule has 0 aromatic carbocycles. The molecule has 0 bridgehead atoms. The van der Waals surface area contributed by atoms with Crippen molar-refractivity contribution in [3.8, 4) is 0 Å². The molecule has 0 radical (unpaired) electrons. The molecule has 1 atom stereocenters. The minimum absolute atomic E-state index is 0.0630. The van der Waals surface area contributed by atoms with Gasteiger partial charge in [-0.1, -0.05) is 6.92 Å². The Morgan fingerprint density at radius 1 is 1.22 bits per heavy atom. The predicted molar refractivity (Wildman–Crippen MR) is 69.4 cm³/mol. The standard InChI is InChI=1S/C13H25NO4/c1-7-13(5,18-6)11(17)14(12(2,3)4)9-8-10(15)16/h7-9H2,1-6H3,(H,15,16). The van der Waals surface area contributed by atoms with Crippen LogP contribution in [0.1, 0.15) is 47.5 Å². The Bertz CT molecular complexity index is 303. The summed E-state index contributed by atoms with van der Waals surface area (Å²) in [6, 6.07) is 0. The van der Waals surface area contributed by atoms with E-state index >= 15 is 0 Å². The molecule has 5 heteroatoms. The molecular formula is C13H25NO4. The average Bonchev–Trinajstić information content (AvgIpc) is 2.25. The van der Waals surface area contributed by atoms with Crippen LogP contribution >= 0.6 is 0 Å². The molecular weight excluding hydrogens is 234 g/mol. The van der Waals surface area contributed by atoms with Gasteiger partial charge in [0.25, 0.3) is 5.91 Å². The first-order chi connectivity index (χ1) is 8.08. The number of ether oxygens (including phenoxy) is 1. The number of nitrogens with zero attached hydrogens (tertiary/aromatic N) is 1. The molecule has 0 heterocycles. The summed E-state index contributed by atoms with van der Waals surface area (Å²) < 4.78 is 5.29. The molecule has 0 rings (SSSR count). The fraction of sp³-hybridized carbons (Fsp3) is 0.846. The summed E-state index contributed by atoms with van der Waals surface area (Å²) >= 11 is 0. The number of hydrogen-bond donors (Lipinski definition) is 1. The molecule has 0 aliphatic carbocycles. The lowest BCUT2D eigenvalue weighted by Crippen LogP contribution is -2.55. The lowest BCUT2D eigenvalue weighted by molar-refractivity contribution is -0.159. The van der Waals surface area contributed by atoms with E-state index in [-0.39, 0.29) is 18.9 Å². The van der Waals surface area contributed by atoms with Gasteiger partial charge in [-0.15, -0.1) is 0 Å². The predicted octanol–water partition coefficient (Wildman–Crippen LogP) is 1.90. The number of hydrogen-bond acceptors (Lipinski definition) is 3. The van der Waals surface area contributed by atoms with E-state index in [2.05, 4.69) is 0 Å². The molecule has 1 unspecified atom stereocenters. The van der Waals surface area contributed by atoms with Gasteiger partial charge in [0.05, 0.1) is 6.42 Å². The van der Waals surface area contributed by atoms with E-state index in [4.69, 9.17) is 9.84 Å². The largest absolute Gasteiger partial charge is 0.481 e. The van der Waals surface area contributed by atoms with Gasteiger partial charge >= 0.3 is 5.97 Å². The molecule has 1 N–H and O–H groups in total. The lowest BCUT2D eigenvalue weighted by Gasteiger charge is -2.40. The van der Waals surface area contributed by atoms with Gasteiger partial charge in [0.2, 0.25) is 0 Å². The zero-order chi connectivity index (χ0) is 14.6. The highest BCUT2D eigenvalue weighted by atomic mass is 16.5. The van der Waals surface area contributed by atoms with E-state index in [0.717, 1.165) is 0 Å². The van der Waals surface area contributed by atoms with E-state index in [1.165, 1.54) is 7.11 Å². The molecule has 1 amide bonds. The normalized spacial score (nSPS) is 15.0. The topological polar surface area (TPSA) is 66.8 Å². The number of carboxylic acid groups (broad SMARTS) is 1. The molecule has 0 aromatic rings. The zero-order valence-electron chi connectivity index (χ0n) is 12.2. The first-order valence-corrected chi connectivity index (χ1v) is 6.17. The maximum Gasteiger partial charge on any atom is 0.305 e. The van der Waals surface area contributed by atoms with Crippen molar-refractivity contribution in [1.82, 2.24) is 4.90 Å². The second-order valence-electron chi connectivity index (χ2n) is 5.56. The second kappa shape index (κ2) is 6.18. The van der Waals surface area contributed by atoms with Crippen molar-refractivity contribution >= 4 is 11.9 Å². The van der Waals surface area contributed by atoms with Crippen molar-refractivity contribution in [3.05, 3.63) is 0 Å². The number of aliphatic carboxylic acids is 1. The number of carboxylic acids is 1. The Balaban J connectivity index is 5.08. The monoisotopic (exact) mass is 259 g/mol. The summed E-state index contributed by atoms with van der Waals surface area (Å²) in [5.41, 5.74) is -1.33. The van der Waals surface area contributed by atoms with E-state index in [1.807, 2.05) is 27.7 Å². The van der Waals surface area contributed by atoms with Crippen LogP contribution in [0.2, 0.25) is 0 Å². The first-order valence-electron chi connectivity index (χ1n) is 6.17. The van der Waals surface area contributed by atoms with Crippen molar-refractivity contribution in [1.29, 1.82) is 0 Å². The third-order valence-electron chi connectivity index (χ3n) is 3.18. The molecule has 18 heavy (non-hydrogen) atoms. The number of methoxy groups -OCH3 is 1. The van der Waals surface area contributed by atoms with Gasteiger partial charge in [-0.25, -0.2) is 0 Å². The zero-order valence-corrected chi connectivity index (χ0v) is 12.2. The molecule has 0 saturated carbocycles. The number of rotatable bonds is 6. The quantitative estimate of drug-likeness (QED) is 0.791. The summed E-state index contributed by atoms with van der Waals surface area (Å²) in [5, 5.41) is 8.76. The van der Waals surface area contributed by atoms with Crippen molar-refractivity contribution in [2.45, 2.75) is 58.6 Å². The second-order valence-corrected chi connectivity index (χ2v) is 5.56. The van der Waals surface area contributed by atoms with Gasteiger partial charge in [-0.3, -0.25) is 9.59 Å². The van der Waals surface area contributed by atoms with Crippen molar-refractivity contribution in [2.24, 2.45) is 0 Å². The molecule has 0 saturated heterocycles. The van der Waals surface area contributed by atoms with Crippen molar-refractivity contribution < 1.29 is 19.4 Å². The van der Waals surface area contributed by atoms with Crippen LogP contribution in [0.3, 0.4) is 0 Å². The fourth-order valence-corrected chi connectivity index (χ4v) is 1.62. The maximum atomic E-state index is 12.5. The van der Waals surface area contributed by atoms with Crippen LogP contribution in [-0.2, 0) is 14.3 Å². The van der Waals surface area contributed by atoms with Gasteiger partial charge in [0, 0.05) is 19.2 Å². The van der Waals surface area contributed by atoms with E-state index in [0.29, 0.717) is 6.42 Å². The summed E-state index contributed by atoms with van der Waals surface area (Å²) in [4.78, 5) is 24.7. The highest BCUT2D eigenvalue weighted by molar-refractivity contribution is 5.85. The van der Waals surface area contributed by atoms with Crippen LogP contribution in [0, 0.1) is 0 Å². The van der Waals surface area contributed by atoms with Gasteiger partial charge in [-0.2, -0.15) is 0 Å². The van der Waals surface area contributed by atoms with Crippen LogP contribution in [0.25, 0.3) is 0 Å². The Morgan fingerprint density at radius 3 is 2.00 bits per heavy atom. The van der Waals surface area contributed by atoms with E-state index < -0.39 is 17.1 Å². The van der Waals surface area contributed by atoms with Crippen LogP contribution in [0.15, 0.2) is 0 Å². The van der Waals surface area contributed by atoms with Crippen LogP contribution < -0.4 is 0 Å². The molecule has 0 fully saturated rings. The Morgan fingerprint density at radius 2 is 1.72 bits per heavy atom. The minimum Gasteiger partial charge on any atom is -0.481 e. The van der Waals surface area contributed by atoms with Gasteiger partial charge in [0.1, 0.15) is 5.60 Å². The summed E-state index contributed by atoms with van der Waals surface area (Å²) in [6.07, 6.45) is 0.481. The van der Waals surface area contributed by atoms with Crippen LogP contribution in [0.4, 0.5) is 0 Å². The number of amides is 1. The number of carbonyl (C=O) groups excluding carboxylic acids is 1. The highest BCUT2D eigenvalue weighted by Gasteiger charge is 2.39. The fourth-order valence-electron chi connectivity index (χ4n) is 1.62. The molecule has 0 aliphatic heterocycles. The van der Waals surface area contributed by atoms with Crippen molar-refractivity contribution in [2.75, 3.05) is 13.7 Å². The van der Waals surface area contributed by atoms with Gasteiger partial charge in [0.15, 0.2) is 0 Å². The van der Waals surface area contributed by atoms with E-state index in [1.54, 1.807) is 11.8 Å². The molecule has 0 aromatic heterocycles. The molecule has 0 spiro atoms. The smallest absolute Gasteiger partial charge is 0.305 e. The minimum atomic E-state index is -0.910. The molecule has 5 nitrogen and oxygen atoms in total. The van der Waals surface area contributed by atoms with Crippen LogP contribution in [-0.4, -0.2) is 46.7 Å². The molecule has 0 aliphatic rings. The van der Waals surface area contributed by atoms with Crippen molar-refractivity contribution in [3.63, 3.8) is 0 Å². The SMILES string of the molecule is CCC(C)(OC)C(=O)N(CCC(=O)O)C(C)(C)C. The average molecular weight is 259 g/mol. The molecule has 106 valence electrons. The van der Waals surface area contributed by atoms with Gasteiger partial charge < -0.3 is 14.7 Å². The summed E-state index contributed by atoms with van der Waals surface area (Å²) in [5.74, 6) is -1.08. The van der Waals surface area contributed by atoms with E-state index in [9.17, 15) is 9.59 Å². The van der Waals surface area contributed by atoms with Gasteiger partial charge in [-0.05, 0) is 34.1 Å².